The molecule has 13 heavy (non-hydrogen) atoms. The standard InChI is InChI=1S/C11H9ClO/c12-7-5-10-8-3-1-2-4-9(8)11(6-7)13-10/h1-5,10-11H,6H2/t10-,11-/m1/s1. The average molecular weight is 193 g/mol. The van der Waals surface area contributed by atoms with Crippen molar-refractivity contribution in [1.82, 2.24) is 0 Å². The molecule has 3 rings (SSSR count). The summed E-state index contributed by atoms with van der Waals surface area (Å²) in [4.78, 5) is 0. The van der Waals surface area contributed by atoms with Crippen LogP contribution in [0.1, 0.15) is 29.8 Å². The molecule has 0 unspecified atom stereocenters. The van der Waals surface area contributed by atoms with Gasteiger partial charge in [0.2, 0.25) is 0 Å². The fourth-order valence-corrected chi connectivity index (χ4v) is 2.34. The maximum Gasteiger partial charge on any atom is 0.103 e. The van der Waals surface area contributed by atoms with Gasteiger partial charge in [-0.1, -0.05) is 35.9 Å². The van der Waals surface area contributed by atoms with E-state index in [0.717, 1.165) is 11.5 Å². The Hall–Kier alpha value is -0.790. The molecule has 2 bridgehead atoms. The highest BCUT2D eigenvalue weighted by molar-refractivity contribution is 6.29. The van der Waals surface area contributed by atoms with Crippen molar-refractivity contribution in [1.29, 1.82) is 0 Å². The number of fused-ring (bicyclic) bond motifs is 5. The lowest BCUT2D eigenvalue weighted by Crippen LogP contribution is -2.02. The quantitative estimate of drug-likeness (QED) is 0.613. The van der Waals surface area contributed by atoms with E-state index in [2.05, 4.69) is 18.2 Å². The third kappa shape index (κ3) is 1.04. The first-order valence-corrected chi connectivity index (χ1v) is 4.83. The third-order valence-electron chi connectivity index (χ3n) is 2.67. The number of benzene rings is 1. The van der Waals surface area contributed by atoms with E-state index < -0.39 is 0 Å². The van der Waals surface area contributed by atoms with Crippen LogP contribution in [-0.4, -0.2) is 0 Å². The predicted octanol–water partition coefficient (Wildman–Crippen LogP) is 3.33. The van der Waals surface area contributed by atoms with Crippen molar-refractivity contribution in [3.63, 3.8) is 0 Å². The second kappa shape index (κ2) is 2.60. The molecule has 2 heteroatoms. The van der Waals surface area contributed by atoms with E-state index in [1.54, 1.807) is 0 Å². The van der Waals surface area contributed by atoms with Crippen LogP contribution in [0, 0.1) is 0 Å². The number of hydrogen-bond acceptors (Lipinski definition) is 1. The molecule has 2 aliphatic rings. The summed E-state index contributed by atoms with van der Waals surface area (Å²) in [6.07, 6.45) is 3.13. The molecule has 0 aliphatic carbocycles. The fraction of sp³-hybridized carbons (Fsp3) is 0.273. The lowest BCUT2D eigenvalue weighted by Gasteiger charge is -2.17. The van der Waals surface area contributed by atoms with Gasteiger partial charge in [0.05, 0.1) is 6.10 Å². The van der Waals surface area contributed by atoms with Gasteiger partial charge in [-0.25, -0.2) is 0 Å². The molecule has 66 valence electrons. The van der Waals surface area contributed by atoms with Gasteiger partial charge in [0, 0.05) is 11.5 Å². The lowest BCUT2D eigenvalue weighted by molar-refractivity contribution is 0.0293. The summed E-state index contributed by atoms with van der Waals surface area (Å²) in [6.45, 7) is 0. The first-order valence-electron chi connectivity index (χ1n) is 4.45. The van der Waals surface area contributed by atoms with Crippen LogP contribution >= 0.6 is 11.6 Å². The number of rotatable bonds is 0. The Balaban J connectivity index is 2.17. The lowest BCUT2D eigenvalue weighted by atomic mass is 10.0. The summed E-state index contributed by atoms with van der Waals surface area (Å²) < 4.78 is 5.78. The van der Waals surface area contributed by atoms with Crippen LogP contribution < -0.4 is 0 Å². The molecule has 0 radical (unpaired) electrons. The zero-order chi connectivity index (χ0) is 8.84. The molecule has 0 aromatic heterocycles. The van der Waals surface area contributed by atoms with E-state index in [9.17, 15) is 0 Å². The van der Waals surface area contributed by atoms with Crippen LogP contribution in [0.15, 0.2) is 35.4 Å². The SMILES string of the molecule is ClC1=C[C@H]2O[C@H](C1)c1ccccc12. The van der Waals surface area contributed by atoms with Crippen molar-refractivity contribution in [2.75, 3.05) is 0 Å². The molecule has 2 aliphatic heterocycles. The van der Waals surface area contributed by atoms with Gasteiger partial charge >= 0.3 is 0 Å². The summed E-state index contributed by atoms with van der Waals surface area (Å²) in [5, 5.41) is 0.928. The molecule has 0 saturated carbocycles. The number of halogens is 1. The Labute approximate surface area is 82.0 Å². The molecule has 2 atom stereocenters. The monoisotopic (exact) mass is 192 g/mol. The Bertz CT molecular complexity index is 383. The Morgan fingerprint density at radius 3 is 2.85 bits per heavy atom. The van der Waals surface area contributed by atoms with Crippen LogP contribution in [-0.2, 0) is 4.74 Å². The topological polar surface area (TPSA) is 9.23 Å². The molecule has 0 saturated heterocycles. The molecular formula is C11H9ClO. The molecule has 1 aromatic rings. The summed E-state index contributed by atoms with van der Waals surface area (Å²) >= 11 is 6.02. The van der Waals surface area contributed by atoms with Crippen molar-refractivity contribution in [3.05, 3.63) is 46.5 Å². The number of ether oxygens (including phenoxy) is 1. The minimum atomic E-state index is 0.0995. The van der Waals surface area contributed by atoms with E-state index in [1.807, 2.05) is 12.1 Å². The van der Waals surface area contributed by atoms with Crippen LogP contribution in [0.25, 0.3) is 0 Å². The smallest absolute Gasteiger partial charge is 0.103 e. The Morgan fingerprint density at radius 2 is 2.00 bits per heavy atom. The van der Waals surface area contributed by atoms with Crippen molar-refractivity contribution >= 4 is 11.6 Å². The maximum atomic E-state index is 6.02. The molecule has 0 N–H and O–H groups in total. The molecule has 0 amide bonds. The largest absolute Gasteiger partial charge is 0.361 e. The molecule has 1 nitrogen and oxygen atoms in total. The molecule has 2 heterocycles. The second-order valence-corrected chi connectivity index (χ2v) is 3.98. The highest BCUT2D eigenvalue weighted by atomic mass is 35.5. The molecule has 0 spiro atoms. The van der Waals surface area contributed by atoms with Gasteiger partial charge in [-0.05, 0) is 17.2 Å². The van der Waals surface area contributed by atoms with E-state index in [4.69, 9.17) is 16.3 Å². The second-order valence-electron chi connectivity index (χ2n) is 3.49. The molecule has 1 aromatic carbocycles. The van der Waals surface area contributed by atoms with E-state index in [-0.39, 0.29) is 12.2 Å². The zero-order valence-corrected chi connectivity index (χ0v) is 7.79. The minimum Gasteiger partial charge on any atom is -0.361 e. The maximum absolute atomic E-state index is 6.02. The number of hydrogen-bond donors (Lipinski definition) is 0. The van der Waals surface area contributed by atoms with Gasteiger partial charge in [0.15, 0.2) is 0 Å². The van der Waals surface area contributed by atoms with E-state index >= 15 is 0 Å². The predicted molar refractivity (Wildman–Crippen MR) is 51.6 cm³/mol. The average Bonchev–Trinajstić information content (AvgIpc) is 2.41. The summed E-state index contributed by atoms with van der Waals surface area (Å²) in [6, 6.07) is 8.34. The van der Waals surface area contributed by atoms with Crippen LogP contribution in [0.3, 0.4) is 0 Å². The van der Waals surface area contributed by atoms with Crippen LogP contribution in [0.4, 0.5) is 0 Å². The van der Waals surface area contributed by atoms with Gasteiger partial charge in [0.1, 0.15) is 6.10 Å². The summed E-state index contributed by atoms with van der Waals surface area (Å²) in [5.41, 5.74) is 2.59. The first kappa shape index (κ1) is 7.60. The van der Waals surface area contributed by atoms with Crippen molar-refractivity contribution in [2.24, 2.45) is 0 Å². The molecule has 0 fully saturated rings. The molecular weight excluding hydrogens is 184 g/mol. The van der Waals surface area contributed by atoms with E-state index in [1.165, 1.54) is 11.1 Å². The third-order valence-corrected chi connectivity index (χ3v) is 2.95. The van der Waals surface area contributed by atoms with Gasteiger partial charge in [-0.3, -0.25) is 0 Å². The van der Waals surface area contributed by atoms with Crippen molar-refractivity contribution in [3.8, 4) is 0 Å². The Kier molecular flexibility index (Phi) is 1.52. The summed E-state index contributed by atoms with van der Waals surface area (Å²) in [5.74, 6) is 0. The Morgan fingerprint density at radius 1 is 1.23 bits per heavy atom. The van der Waals surface area contributed by atoms with Gasteiger partial charge in [-0.15, -0.1) is 0 Å². The van der Waals surface area contributed by atoms with Crippen LogP contribution in [0.5, 0.6) is 0 Å². The van der Waals surface area contributed by atoms with Crippen molar-refractivity contribution in [2.45, 2.75) is 18.6 Å². The zero-order valence-electron chi connectivity index (χ0n) is 7.03. The highest BCUT2D eigenvalue weighted by Gasteiger charge is 2.33. The van der Waals surface area contributed by atoms with Gasteiger partial charge < -0.3 is 4.74 Å². The van der Waals surface area contributed by atoms with Crippen molar-refractivity contribution < 1.29 is 4.74 Å². The van der Waals surface area contributed by atoms with Gasteiger partial charge in [0.25, 0.3) is 0 Å². The first-order chi connectivity index (χ1) is 6.34. The summed E-state index contributed by atoms with van der Waals surface area (Å²) in [7, 11) is 0. The fourth-order valence-electron chi connectivity index (χ4n) is 2.08. The van der Waals surface area contributed by atoms with Crippen LogP contribution in [0.2, 0.25) is 0 Å². The van der Waals surface area contributed by atoms with E-state index in [0.29, 0.717) is 0 Å². The van der Waals surface area contributed by atoms with Gasteiger partial charge in [-0.2, -0.15) is 0 Å². The highest BCUT2D eigenvalue weighted by Crippen LogP contribution is 2.47. The minimum absolute atomic E-state index is 0.0995. The normalized spacial score (nSPS) is 29.8.